The highest BCUT2D eigenvalue weighted by atomic mass is 16.3. The van der Waals surface area contributed by atoms with E-state index in [1.807, 2.05) is 6.92 Å². The van der Waals surface area contributed by atoms with Gasteiger partial charge in [0, 0.05) is 12.8 Å². The average molecular weight is 157 g/mol. The van der Waals surface area contributed by atoms with E-state index in [1.54, 1.807) is 13.8 Å². The lowest BCUT2D eigenvalue weighted by Crippen LogP contribution is -2.21. The molecule has 0 bridgehead atoms. The molecule has 0 aliphatic heterocycles. The Kier molecular flexibility index (Phi) is 4.34. The third kappa shape index (κ3) is 7.53. The fraction of sp³-hybridized carbons (Fsp3) is 0.889. The van der Waals surface area contributed by atoms with Crippen LogP contribution in [0.5, 0.6) is 0 Å². The van der Waals surface area contributed by atoms with Gasteiger partial charge in [0.2, 0.25) is 0 Å². The summed E-state index contributed by atoms with van der Waals surface area (Å²) in [5.41, 5.74) is -1.08. The summed E-state index contributed by atoms with van der Waals surface area (Å²) < 4.78 is 0. The van der Waals surface area contributed by atoms with Gasteiger partial charge in [0.15, 0.2) is 0 Å². The molecule has 1 radical (unpaired) electrons. The zero-order valence-electron chi connectivity index (χ0n) is 7.64. The van der Waals surface area contributed by atoms with Crippen molar-refractivity contribution in [2.45, 2.75) is 52.1 Å². The molecule has 2 nitrogen and oxygen atoms in total. The van der Waals surface area contributed by atoms with Gasteiger partial charge >= 0.3 is 0 Å². The summed E-state index contributed by atoms with van der Waals surface area (Å²) >= 11 is 0. The van der Waals surface area contributed by atoms with Crippen LogP contribution in [0.4, 0.5) is 0 Å². The monoisotopic (exact) mass is 157 g/mol. The lowest BCUT2D eigenvalue weighted by molar-refractivity contribution is -0.125. The van der Waals surface area contributed by atoms with Gasteiger partial charge in [-0.2, -0.15) is 0 Å². The van der Waals surface area contributed by atoms with E-state index in [1.165, 1.54) is 0 Å². The molecular weight excluding hydrogens is 140 g/mol. The van der Waals surface area contributed by atoms with Crippen LogP contribution >= 0.6 is 0 Å². The summed E-state index contributed by atoms with van der Waals surface area (Å²) in [6.07, 6.45) is 2.68. The molecule has 0 spiro atoms. The quantitative estimate of drug-likeness (QED) is 0.603. The standard InChI is InChI=1S/C9H17O2/c1-4-5-6-8(10)7-9(2,3)11/h4-7H2,1-3H3. The van der Waals surface area contributed by atoms with E-state index >= 15 is 0 Å². The molecule has 2 heteroatoms. The van der Waals surface area contributed by atoms with Crippen LogP contribution in [0, 0.1) is 0 Å². The molecule has 0 fully saturated rings. The summed E-state index contributed by atoms with van der Waals surface area (Å²) in [6.45, 7) is 5.14. The van der Waals surface area contributed by atoms with Gasteiger partial charge in [-0.1, -0.05) is 13.3 Å². The summed E-state index contributed by atoms with van der Waals surface area (Å²) in [6, 6.07) is 0. The first kappa shape index (κ1) is 10.6. The van der Waals surface area contributed by atoms with Gasteiger partial charge in [-0.25, -0.2) is 5.11 Å². The molecule has 0 aliphatic rings. The molecule has 11 heavy (non-hydrogen) atoms. The van der Waals surface area contributed by atoms with Crippen molar-refractivity contribution >= 4 is 5.78 Å². The van der Waals surface area contributed by atoms with Crippen molar-refractivity contribution in [3.05, 3.63) is 0 Å². The van der Waals surface area contributed by atoms with Crippen LogP contribution < -0.4 is 0 Å². The number of carbonyl (C=O) groups is 1. The molecule has 0 rings (SSSR count). The number of hydrogen-bond donors (Lipinski definition) is 0. The van der Waals surface area contributed by atoms with Crippen molar-refractivity contribution in [3.8, 4) is 0 Å². The van der Waals surface area contributed by atoms with E-state index in [0.717, 1.165) is 12.8 Å². The molecular formula is C9H17O2. The van der Waals surface area contributed by atoms with Gasteiger partial charge in [0.05, 0.1) is 0 Å². The lowest BCUT2D eigenvalue weighted by Gasteiger charge is -2.11. The molecule has 0 aromatic carbocycles. The lowest BCUT2D eigenvalue weighted by atomic mass is 9.99. The van der Waals surface area contributed by atoms with Crippen LogP contribution in [0.1, 0.15) is 46.5 Å². The number of Topliss-reactive ketones (excluding diaryl/α,β-unsaturated/α-hetero) is 1. The van der Waals surface area contributed by atoms with Gasteiger partial charge in [-0.15, -0.1) is 0 Å². The molecule has 0 aromatic heterocycles. The highest BCUT2D eigenvalue weighted by Crippen LogP contribution is 2.11. The first-order chi connectivity index (χ1) is 4.95. The van der Waals surface area contributed by atoms with E-state index in [0.29, 0.717) is 6.42 Å². The SMILES string of the molecule is CCCCC(=O)CC(C)(C)[O]. The molecule has 0 N–H and O–H groups in total. The van der Waals surface area contributed by atoms with Gasteiger partial charge < -0.3 is 0 Å². The Balaban J connectivity index is 3.53. The second-order valence-electron chi connectivity index (χ2n) is 3.58. The Morgan fingerprint density at radius 1 is 1.36 bits per heavy atom. The molecule has 0 aliphatic carbocycles. The van der Waals surface area contributed by atoms with Crippen molar-refractivity contribution in [2.75, 3.05) is 0 Å². The minimum atomic E-state index is -1.08. The maximum atomic E-state index is 11.1. The van der Waals surface area contributed by atoms with Crippen LogP contribution in [0.3, 0.4) is 0 Å². The second-order valence-corrected chi connectivity index (χ2v) is 3.58. The van der Waals surface area contributed by atoms with Crippen LogP contribution in [0.2, 0.25) is 0 Å². The number of ketones is 1. The average Bonchev–Trinajstić information content (AvgIpc) is 1.79. The third-order valence-electron chi connectivity index (χ3n) is 1.43. The number of carbonyl (C=O) groups excluding carboxylic acids is 1. The first-order valence-electron chi connectivity index (χ1n) is 4.18. The second kappa shape index (κ2) is 4.50. The number of hydrogen-bond acceptors (Lipinski definition) is 1. The van der Waals surface area contributed by atoms with Gasteiger partial charge in [-0.05, 0) is 20.3 Å². The smallest absolute Gasteiger partial charge is 0.135 e. The maximum Gasteiger partial charge on any atom is 0.135 e. The molecule has 0 saturated heterocycles. The highest BCUT2D eigenvalue weighted by Gasteiger charge is 2.19. The van der Waals surface area contributed by atoms with Crippen molar-refractivity contribution in [2.24, 2.45) is 0 Å². The van der Waals surface area contributed by atoms with E-state index in [4.69, 9.17) is 0 Å². The van der Waals surface area contributed by atoms with E-state index in [2.05, 4.69) is 0 Å². The van der Waals surface area contributed by atoms with Gasteiger partial charge in [0.25, 0.3) is 0 Å². The van der Waals surface area contributed by atoms with Crippen LogP contribution in [-0.2, 0) is 9.90 Å². The summed E-state index contributed by atoms with van der Waals surface area (Å²) in [5, 5.41) is 11.1. The highest BCUT2D eigenvalue weighted by molar-refractivity contribution is 5.79. The Labute approximate surface area is 68.6 Å². The van der Waals surface area contributed by atoms with Crippen molar-refractivity contribution in [1.29, 1.82) is 0 Å². The van der Waals surface area contributed by atoms with Gasteiger partial charge in [-0.3, -0.25) is 4.79 Å². The Bertz CT molecular complexity index is 122. The van der Waals surface area contributed by atoms with E-state index < -0.39 is 5.60 Å². The fourth-order valence-corrected chi connectivity index (χ4v) is 0.937. The number of rotatable bonds is 5. The van der Waals surface area contributed by atoms with Crippen LogP contribution in [-0.4, -0.2) is 11.4 Å². The van der Waals surface area contributed by atoms with Crippen molar-refractivity contribution in [3.63, 3.8) is 0 Å². The molecule has 0 heterocycles. The topological polar surface area (TPSA) is 37.0 Å². The first-order valence-corrected chi connectivity index (χ1v) is 4.18. The van der Waals surface area contributed by atoms with Crippen LogP contribution in [0.15, 0.2) is 0 Å². The number of unbranched alkanes of at least 4 members (excludes halogenated alkanes) is 1. The molecule has 0 aromatic rings. The molecule has 65 valence electrons. The zero-order valence-corrected chi connectivity index (χ0v) is 7.64. The fourth-order valence-electron chi connectivity index (χ4n) is 0.937. The predicted molar refractivity (Wildman–Crippen MR) is 43.9 cm³/mol. The molecule has 0 saturated carbocycles. The van der Waals surface area contributed by atoms with Crippen LogP contribution in [0.25, 0.3) is 0 Å². The van der Waals surface area contributed by atoms with Crippen molar-refractivity contribution < 1.29 is 9.90 Å². The third-order valence-corrected chi connectivity index (χ3v) is 1.43. The summed E-state index contributed by atoms with van der Waals surface area (Å²) in [7, 11) is 0. The largest absolute Gasteiger partial charge is 0.300 e. The Morgan fingerprint density at radius 2 is 1.91 bits per heavy atom. The van der Waals surface area contributed by atoms with Gasteiger partial charge in [0.1, 0.15) is 11.4 Å². The molecule has 0 unspecified atom stereocenters. The Hall–Kier alpha value is -0.370. The molecule has 0 atom stereocenters. The summed E-state index contributed by atoms with van der Waals surface area (Å²) in [4.78, 5) is 11.0. The maximum absolute atomic E-state index is 11.1. The minimum absolute atomic E-state index is 0.104. The zero-order chi connectivity index (χ0) is 8.91. The Morgan fingerprint density at radius 3 is 2.27 bits per heavy atom. The van der Waals surface area contributed by atoms with Crippen molar-refractivity contribution in [1.82, 2.24) is 0 Å². The minimum Gasteiger partial charge on any atom is -0.300 e. The van der Waals surface area contributed by atoms with E-state index in [-0.39, 0.29) is 12.2 Å². The predicted octanol–water partition coefficient (Wildman–Crippen LogP) is 2.34. The van der Waals surface area contributed by atoms with E-state index in [9.17, 15) is 9.90 Å². The summed E-state index contributed by atoms with van der Waals surface area (Å²) in [5.74, 6) is 0.104. The normalized spacial score (nSPS) is 11.6. The molecule has 0 amide bonds.